The number of anilines is 1. The van der Waals surface area contributed by atoms with Gasteiger partial charge in [0.1, 0.15) is 0 Å². The highest BCUT2D eigenvalue weighted by Gasteiger charge is 2.29. The van der Waals surface area contributed by atoms with Crippen molar-refractivity contribution in [1.29, 1.82) is 0 Å². The topological polar surface area (TPSA) is 72.2 Å². The van der Waals surface area contributed by atoms with Crippen molar-refractivity contribution >= 4 is 15.7 Å². The van der Waals surface area contributed by atoms with Crippen LogP contribution in [0.1, 0.15) is 33.1 Å². The smallest absolute Gasteiger partial charge is 0.240 e. The summed E-state index contributed by atoms with van der Waals surface area (Å²) in [5.41, 5.74) is 6.11. The summed E-state index contributed by atoms with van der Waals surface area (Å²) in [5, 5.41) is 0. The molecule has 0 bridgehead atoms. The molecule has 106 valence electrons. The maximum absolute atomic E-state index is 12.3. The standard InChI is InChI=1S/C14H22N2O2S/c1-10-6-7-14(11(2)8-10)16-19(17,18)13-5-3-4-12(15)9-13/h3-5,9-11,14,16H,6-8,15H2,1-2H3. The minimum Gasteiger partial charge on any atom is -0.399 e. The third kappa shape index (κ3) is 3.48. The van der Waals surface area contributed by atoms with Gasteiger partial charge in [0.25, 0.3) is 0 Å². The van der Waals surface area contributed by atoms with E-state index in [-0.39, 0.29) is 10.9 Å². The van der Waals surface area contributed by atoms with Gasteiger partial charge in [-0.25, -0.2) is 13.1 Å². The molecule has 2 rings (SSSR count). The lowest BCUT2D eigenvalue weighted by molar-refractivity contribution is 0.249. The van der Waals surface area contributed by atoms with E-state index in [1.54, 1.807) is 18.2 Å². The van der Waals surface area contributed by atoms with Gasteiger partial charge in [-0.15, -0.1) is 0 Å². The van der Waals surface area contributed by atoms with Gasteiger partial charge in [0, 0.05) is 11.7 Å². The average Bonchev–Trinajstić information content (AvgIpc) is 2.33. The van der Waals surface area contributed by atoms with Gasteiger partial charge in [-0.1, -0.05) is 19.9 Å². The molecule has 0 amide bonds. The van der Waals surface area contributed by atoms with Crippen LogP contribution in [0, 0.1) is 11.8 Å². The second-order valence-corrected chi connectivity index (χ2v) is 7.41. The van der Waals surface area contributed by atoms with E-state index in [1.807, 2.05) is 0 Å². The van der Waals surface area contributed by atoms with E-state index < -0.39 is 10.0 Å². The molecule has 19 heavy (non-hydrogen) atoms. The van der Waals surface area contributed by atoms with Gasteiger partial charge >= 0.3 is 0 Å². The Hall–Kier alpha value is -1.07. The van der Waals surface area contributed by atoms with Crippen LogP contribution >= 0.6 is 0 Å². The second-order valence-electron chi connectivity index (χ2n) is 5.70. The first-order valence-electron chi connectivity index (χ1n) is 6.76. The van der Waals surface area contributed by atoms with E-state index >= 15 is 0 Å². The molecule has 0 spiro atoms. The molecular formula is C14H22N2O2S. The molecule has 1 saturated carbocycles. The lowest BCUT2D eigenvalue weighted by atomic mass is 9.80. The number of sulfonamides is 1. The molecule has 0 aromatic heterocycles. The molecule has 1 aromatic rings. The first kappa shape index (κ1) is 14.3. The van der Waals surface area contributed by atoms with Crippen LogP contribution in [-0.2, 0) is 10.0 Å². The number of rotatable bonds is 3. The fourth-order valence-electron chi connectivity index (χ4n) is 2.79. The van der Waals surface area contributed by atoms with Crippen molar-refractivity contribution < 1.29 is 8.42 Å². The van der Waals surface area contributed by atoms with Crippen molar-refractivity contribution in [3.8, 4) is 0 Å². The normalized spacial score (nSPS) is 28.2. The first-order valence-corrected chi connectivity index (χ1v) is 8.24. The summed E-state index contributed by atoms with van der Waals surface area (Å²) in [6, 6.07) is 6.45. The molecule has 1 fully saturated rings. The van der Waals surface area contributed by atoms with Gasteiger partial charge in [0.15, 0.2) is 0 Å². The fourth-order valence-corrected chi connectivity index (χ4v) is 4.22. The predicted octanol–water partition coefficient (Wildman–Crippen LogP) is 2.37. The summed E-state index contributed by atoms with van der Waals surface area (Å²) < 4.78 is 27.5. The van der Waals surface area contributed by atoms with Gasteiger partial charge < -0.3 is 5.73 Å². The quantitative estimate of drug-likeness (QED) is 0.836. The lowest BCUT2D eigenvalue weighted by Crippen LogP contribution is -2.42. The van der Waals surface area contributed by atoms with Gasteiger partial charge in [0.2, 0.25) is 10.0 Å². The van der Waals surface area contributed by atoms with Crippen molar-refractivity contribution in [2.45, 2.75) is 44.0 Å². The van der Waals surface area contributed by atoms with Crippen molar-refractivity contribution in [3.05, 3.63) is 24.3 Å². The number of nitrogens with one attached hydrogen (secondary N) is 1. The highest BCUT2D eigenvalue weighted by atomic mass is 32.2. The Morgan fingerprint density at radius 2 is 2.00 bits per heavy atom. The van der Waals surface area contributed by atoms with E-state index in [4.69, 9.17) is 5.73 Å². The van der Waals surface area contributed by atoms with Crippen LogP contribution in [0.25, 0.3) is 0 Å². The van der Waals surface area contributed by atoms with Crippen LogP contribution in [0.15, 0.2) is 29.2 Å². The SMILES string of the molecule is CC1CCC(NS(=O)(=O)c2cccc(N)c2)C(C)C1. The molecule has 5 heteroatoms. The molecule has 0 radical (unpaired) electrons. The largest absolute Gasteiger partial charge is 0.399 e. The number of benzene rings is 1. The van der Waals surface area contributed by atoms with E-state index in [9.17, 15) is 8.42 Å². The molecule has 0 heterocycles. The number of nitrogen functional groups attached to an aromatic ring is 1. The highest BCUT2D eigenvalue weighted by Crippen LogP contribution is 2.29. The maximum atomic E-state index is 12.3. The minimum atomic E-state index is -3.46. The minimum absolute atomic E-state index is 0.0302. The summed E-state index contributed by atoms with van der Waals surface area (Å²) in [4.78, 5) is 0.248. The molecule has 0 saturated heterocycles. The Morgan fingerprint density at radius 3 is 2.63 bits per heavy atom. The number of hydrogen-bond acceptors (Lipinski definition) is 3. The fraction of sp³-hybridized carbons (Fsp3) is 0.571. The molecule has 1 aromatic carbocycles. The average molecular weight is 282 g/mol. The van der Waals surface area contributed by atoms with Crippen LogP contribution in [0.5, 0.6) is 0 Å². The molecule has 3 atom stereocenters. The van der Waals surface area contributed by atoms with Crippen LogP contribution in [0.2, 0.25) is 0 Å². The van der Waals surface area contributed by atoms with Crippen molar-refractivity contribution in [3.63, 3.8) is 0 Å². The maximum Gasteiger partial charge on any atom is 0.240 e. The van der Waals surface area contributed by atoms with Crippen LogP contribution in [0.4, 0.5) is 5.69 Å². The predicted molar refractivity (Wildman–Crippen MR) is 77.1 cm³/mol. The molecule has 1 aliphatic carbocycles. The molecule has 3 N–H and O–H groups in total. The Morgan fingerprint density at radius 1 is 1.26 bits per heavy atom. The zero-order valence-electron chi connectivity index (χ0n) is 11.5. The molecule has 3 unspecified atom stereocenters. The van der Waals surface area contributed by atoms with Crippen molar-refractivity contribution in [2.75, 3.05) is 5.73 Å². The van der Waals surface area contributed by atoms with Crippen LogP contribution in [-0.4, -0.2) is 14.5 Å². The monoisotopic (exact) mass is 282 g/mol. The molecule has 4 nitrogen and oxygen atoms in total. The van der Waals surface area contributed by atoms with Crippen molar-refractivity contribution in [2.24, 2.45) is 11.8 Å². The van der Waals surface area contributed by atoms with Crippen molar-refractivity contribution in [1.82, 2.24) is 4.72 Å². The highest BCUT2D eigenvalue weighted by molar-refractivity contribution is 7.89. The van der Waals surface area contributed by atoms with E-state index in [0.29, 0.717) is 17.5 Å². The van der Waals surface area contributed by atoms with Gasteiger partial charge in [0.05, 0.1) is 4.90 Å². The summed E-state index contributed by atoms with van der Waals surface area (Å²) in [6.45, 7) is 4.33. The third-order valence-electron chi connectivity index (χ3n) is 3.91. The van der Waals surface area contributed by atoms with Gasteiger partial charge in [-0.2, -0.15) is 0 Å². The summed E-state index contributed by atoms with van der Waals surface area (Å²) in [5.74, 6) is 1.06. The van der Waals surface area contributed by atoms with E-state index in [1.165, 1.54) is 6.07 Å². The van der Waals surface area contributed by atoms with Crippen LogP contribution < -0.4 is 10.5 Å². The van der Waals surface area contributed by atoms with Crippen LogP contribution in [0.3, 0.4) is 0 Å². The zero-order valence-corrected chi connectivity index (χ0v) is 12.3. The molecular weight excluding hydrogens is 260 g/mol. The Balaban J connectivity index is 2.13. The Kier molecular flexibility index (Phi) is 4.16. The van der Waals surface area contributed by atoms with E-state index in [0.717, 1.165) is 19.3 Å². The zero-order chi connectivity index (χ0) is 14.0. The van der Waals surface area contributed by atoms with Gasteiger partial charge in [-0.3, -0.25) is 0 Å². The third-order valence-corrected chi connectivity index (χ3v) is 5.39. The number of hydrogen-bond donors (Lipinski definition) is 2. The number of nitrogens with two attached hydrogens (primary N) is 1. The Labute approximate surface area is 115 Å². The molecule has 0 aliphatic heterocycles. The van der Waals surface area contributed by atoms with Gasteiger partial charge in [-0.05, 0) is 49.3 Å². The van der Waals surface area contributed by atoms with E-state index in [2.05, 4.69) is 18.6 Å². The summed E-state index contributed by atoms with van der Waals surface area (Å²) in [7, 11) is -3.46. The first-order chi connectivity index (χ1) is 8.88. The summed E-state index contributed by atoms with van der Waals surface area (Å²) in [6.07, 6.45) is 3.06. The molecule has 1 aliphatic rings. The second kappa shape index (κ2) is 5.51. The Bertz CT molecular complexity index is 542. The summed E-state index contributed by atoms with van der Waals surface area (Å²) >= 11 is 0. The lowest BCUT2D eigenvalue weighted by Gasteiger charge is -2.32.